The van der Waals surface area contributed by atoms with Crippen LogP contribution in [0.1, 0.15) is 25.8 Å². The summed E-state index contributed by atoms with van der Waals surface area (Å²) >= 11 is 0. The quantitative estimate of drug-likeness (QED) is 0.540. The normalized spacial score (nSPS) is 13.5. The second-order valence-corrected chi connectivity index (χ2v) is 7.09. The van der Waals surface area contributed by atoms with Crippen molar-refractivity contribution >= 4 is 24.1 Å². The Morgan fingerprint density at radius 3 is 2.52 bits per heavy atom. The molecule has 1 aliphatic rings. The van der Waals surface area contributed by atoms with Crippen molar-refractivity contribution in [1.29, 1.82) is 0 Å². The number of benzene rings is 2. The second-order valence-electron chi connectivity index (χ2n) is 7.09. The Hall–Kier alpha value is -3.12. The molecule has 0 fully saturated rings. The van der Waals surface area contributed by atoms with Gasteiger partial charge in [0.25, 0.3) is 0 Å². The van der Waals surface area contributed by atoms with Gasteiger partial charge in [0.2, 0.25) is 6.41 Å². The Balaban J connectivity index is 1.80. The average Bonchev–Trinajstić information content (AvgIpc) is 2.90. The van der Waals surface area contributed by atoms with Crippen LogP contribution in [0.3, 0.4) is 0 Å². The van der Waals surface area contributed by atoms with Crippen LogP contribution in [0.2, 0.25) is 0 Å². The highest BCUT2D eigenvalue weighted by Gasteiger charge is 2.19. The lowest BCUT2D eigenvalue weighted by atomic mass is 10.0. The van der Waals surface area contributed by atoms with E-state index >= 15 is 0 Å². The van der Waals surface area contributed by atoms with Crippen LogP contribution in [-0.4, -0.2) is 43.3 Å². The summed E-state index contributed by atoms with van der Waals surface area (Å²) in [6.07, 6.45) is 2.88. The molecule has 0 spiro atoms. The molecule has 0 radical (unpaired) electrons. The molecule has 29 heavy (non-hydrogen) atoms. The summed E-state index contributed by atoms with van der Waals surface area (Å²) in [5, 5.41) is 9.39. The molecule has 0 unspecified atom stereocenters. The predicted octanol–water partition coefficient (Wildman–Crippen LogP) is 3.99. The van der Waals surface area contributed by atoms with Crippen LogP contribution in [0.25, 0.3) is 17.2 Å². The largest absolute Gasteiger partial charge is 0.491 e. The molecule has 0 saturated heterocycles. The van der Waals surface area contributed by atoms with Crippen molar-refractivity contribution in [3.05, 3.63) is 53.6 Å². The predicted molar refractivity (Wildman–Crippen MR) is 112 cm³/mol. The van der Waals surface area contributed by atoms with Crippen molar-refractivity contribution in [2.45, 2.75) is 26.4 Å². The Labute approximate surface area is 170 Å². The summed E-state index contributed by atoms with van der Waals surface area (Å²) in [5.41, 5.74) is 3.64. The molecule has 1 N–H and O–H groups in total. The third kappa shape index (κ3) is 5.23. The number of fused-ring (bicyclic) bond motifs is 1. The molecule has 0 saturated carbocycles. The molecular weight excluding hydrogens is 370 g/mol. The number of hydrogen-bond acceptors (Lipinski definition) is 4. The zero-order valence-electron chi connectivity index (χ0n) is 16.6. The van der Waals surface area contributed by atoms with Crippen molar-refractivity contribution < 1.29 is 24.2 Å². The number of anilines is 1. The number of carbonyl (C=O) groups is 2. The van der Waals surface area contributed by atoms with Crippen LogP contribution < -0.4 is 9.64 Å². The molecule has 0 atom stereocenters. The third-order valence-electron chi connectivity index (χ3n) is 4.68. The van der Waals surface area contributed by atoms with Crippen molar-refractivity contribution in [3.63, 3.8) is 0 Å². The number of rotatable bonds is 8. The molecule has 0 bridgehead atoms. The number of carbonyl (C=O) groups excluding carboxylic acids is 1. The topological polar surface area (TPSA) is 76.1 Å². The van der Waals surface area contributed by atoms with E-state index in [2.05, 4.69) is 0 Å². The van der Waals surface area contributed by atoms with Gasteiger partial charge in [0.05, 0.1) is 18.4 Å². The lowest BCUT2D eigenvalue weighted by Gasteiger charge is -2.18. The number of nitrogens with zero attached hydrogens (tertiary/aromatic N) is 1. The molecule has 0 aliphatic carbocycles. The molecular formula is C23H25NO5. The summed E-state index contributed by atoms with van der Waals surface area (Å²) in [5.74, 6) is -0.201. The first-order valence-electron chi connectivity index (χ1n) is 9.62. The smallest absolute Gasteiger partial charge is 0.331 e. The van der Waals surface area contributed by atoms with E-state index in [0.717, 1.165) is 28.8 Å². The van der Waals surface area contributed by atoms with Crippen molar-refractivity contribution in [2.24, 2.45) is 0 Å². The van der Waals surface area contributed by atoms with Crippen LogP contribution in [-0.2, 0) is 14.3 Å². The van der Waals surface area contributed by atoms with E-state index < -0.39 is 5.97 Å². The fourth-order valence-electron chi connectivity index (χ4n) is 3.20. The maximum Gasteiger partial charge on any atom is 0.331 e. The SMILES string of the molecule is CC(C)OCCOc1ccc(-c2ccc3c(c2)C=C(C(=O)O)CCN3C=O)cc1. The van der Waals surface area contributed by atoms with E-state index in [1.165, 1.54) is 0 Å². The van der Waals surface area contributed by atoms with E-state index in [-0.39, 0.29) is 6.10 Å². The van der Waals surface area contributed by atoms with Crippen LogP contribution in [0.5, 0.6) is 5.75 Å². The molecule has 0 aromatic heterocycles. The summed E-state index contributed by atoms with van der Waals surface area (Å²) in [6, 6.07) is 13.4. The zero-order chi connectivity index (χ0) is 20.8. The summed E-state index contributed by atoms with van der Waals surface area (Å²) in [4.78, 5) is 24.4. The van der Waals surface area contributed by atoms with E-state index in [1.807, 2.05) is 56.3 Å². The fourth-order valence-corrected chi connectivity index (χ4v) is 3.20. The Morgan fingerprint density at radius 1 is 1.14 bits per heavy atom. The van der Waals surface area contributed by atoms with E-state index in [9.17, 15) is 14.7 Å². The van der Waals surface area contributed by atoms with Gasteiger partial charge in [0.15, 0.2) is 0 Å². The maximum atomic E-state index is 11.5. The molecule has 2 aromatic rings. The number of hydrogen-bond donors (Lipinski definition) is 1. The monoisotopic (exact) mass is 395 g/mol. The van der Waals surface area contributed by atoms with Gasteiger partial charge in [-0.25, -0.2) is 4.79 Å². The second kappa shape index (κ2) is 9.39. The number of ether oxygens (including phenoxy) is 2. The minimum absolute atomic E-state index is 0.181. The number of carboxylic acid groups (broad SMARTS) is 1. The average molecular weight is 395 g/mol. The standard InChI is InChI=1S/C23H25NO5/c1-16(2)28-11-12-29-21-6-3-17(4-7-21)18-5-8-22-20(13-18)14-19(23(26)27)9-10-24(22)15-25/h3-8,13-16H,9-12H2,1-2H3,(H,26,27). The minimum atomic E-state index is -0.961. The molecule has 3 rings (SSSR count). The molecule has 152 valence electrons. The van der Waals surface area contributed by atoms with E-state index in [4.69, 9.17) is 9.47 Å². The first-order chi connectivity index (χ1) is 14.0. The van der Waals surface area contributed by atoms with Gasteiger partial charge in [-0.15, -0.1) is 0 Å². The summed E-state index contributed by atoms with van der Waals surface area (Å²) in [7, 11) is 0. The van der Waals surface area contributed by atoms with Gasteiger partial charge in [-0.3, -0.25) is 4.79 Å². The first-order valence-corrected chi connectivity index (χ1v) is 9.62. The molecule has 6 heteroatoms. The highest BCUT2D eigenvalue weighted by atomic mass is 16.5. The van der Waals surface area contributed by atoms with Crippen LogP contribution in [0.4, 0.5) is 5.69 Å². The van der Waals surface area contributed by atoms with Crippen LogP contribution in [0.15, 0.2) is 48.0 Å². The zero-order valence-corrected chi connectivity index (χ0v) is 16.6. The molecule has 2 aromatic carbocycles. The minimum Gasteiger partial charge on any atom is -0.491 e. The van der Waals surface area contributed by atoms with Gasteiger partial charge in [-0.05, 0) is 67.3 Å². The first kappa shape index (κ1) is 20.6. The van der Waals surface area contributed by atoms with E-state index in [0.29, 0.717) is 37.4 Å². The van der Waals surface area contributed by atoms with E-state index in [1.54, 1.807) is 11.0 Å². The Bertz CT molecular complexity index is 902. The molecule has 1 amide bonds. The van der Waals surface area contributed by atoms with Gasteiger partial charge in [-0.1, -0.05) is 18.2 Å². The number of aliphatic carboxylic acids is 1. The lowest BCUT2D eigenvalue weighted by molar-refractivity contribution is -0.132. The Morgan fingerprint density at radius 2 is 1.86 bits per heavy atom. The van der Waals surface area contributed by atoms with Crippen LogP contribution >= 0.6 is 0 Å². The highest BCUT2D eigenvalue weighted by Crippen LogP contribution is 2.32. The maximum absolute atomic E-state index is 11.5. The molecule has 1 heterocycles. The fraction of sp³-hybridized carbons (Fsp3) is 0.304. The molecule has 6 nitrogen and oxygen atoms in total. The summed E-state index contributed by atoms with van der Waals surface area (Å²) in [6.45, 7) is 5.34. The Kier molecular flexibility index (Phi) is 6.67. The van der Waals surface area contributed by atoms with Crippen LogP contribution in [0, 0.1) is 0 Å². The van der Waals surface area contributed by atoms with Gasteiger partial charge in [-0.2, -0.15) is 0 Å². The lowest BCUT2D eigenvalue weighted by Crippen LogP contribution is -2.22. The van der Waals surface area contributed by atoms with Gasteiger partial charge >= 0.3 is 5.97 Å². The number of amides is 1. The van der Waals surface area contributed by atoms with Crippen molar-refractivity contribution in [1.82, 2.24) is 0 Å². The van der Waals surface area contributed by atoms with Gasteiger partial charge in [0.1, 0.15) is 12.4 Å². The third-order valence-corrected chi connectivity index (χ3v) is 4.68. The van der Waals surface area contributed by atoms with Gasteiger partial charge < -0.3 is 19.5 Å². The number of carboxylic acids is 1. The highest BCUT2D eigenvalue weighted by molar-refractivity contribution is 5.96. The molecule has 1 aliphatic heterocycles. The van der Waals surface area contributed by atoms with Crippen molar-refractivity contribution in [2.75, 3.05) is 24.7 Å². The van der Waals surface area contributed by atoms with Crippen molar-refractivity contribution in [3.8, 4) is 16.9 Å². The summed E-state index contributed by atoms with van der Waals surface area (Å²) < 4.78 is 11.1. The van der Waals surface area contributed by atoms with Gasteiger partial charge in [0, 0.05) is 12.1 Å².